The number of nitrogens with zero attached hydrogens (tertiary/aromatic N) is 1. The van der Waals surface area contributed by atoms with Crippen molar-refractivity contribution < 1.29 is 24.9 Å². The Bertz CT molecular complexity index is 1000. The Morgan fingerprint density at radius 2 is 1.27 bits per heavy atom. The second-order valence-corrected chi connectivity index (χ2v) is 8.07. The molecule has 0 heterocycles. The van der Waals surface area contributed by atoms with Crippen LogP contribution in [0.5, 0.6) is 0 Å². The first kappa shape index (κ1) is 26.1. The van der Waals surface area contributed by atoms with Crippen molar-refractivity contribution in [2.45, 2.75) is 18.4 Å². The molecular formula is C26H28ClNO5. The highest BCUT2D eigenvalue weighted by atomic mass is 35.5. The molecule has 7 heteroatoms. The molecule has 3 N–H and O–H groups in total. The van der Waals surface area contributed by atoms with Crippen molar-refractivity contribution in [1.29, 1.82) is 0 Å². The smallest absolute Gasteiger partial charge is 0.414 e. The summed E-state index contributed by atoms with van der Waals surface area (Å²) in [7, 11) is 2.11. The minimum Gasteiger partial charge on any atom is -0.473 e. The van der Waals surface area contributed by atoms with Crippen molar-refractivity contribution >= 4 is 23.5 Å². The Kier molecular flexibility index (Phi) is 10.1. The van der Waals surface area contributed by atoms with Crippen molar-refractivity contribution in [3.63, 3.8) is 0 Å². The molecule has 1 unspecified atom stereocenters. The summed E-state index contributed by atoms with van der Waals surface area (Å²) in [5, 5.41) is 27.1. The molecular weight excluding hydrogens is 442 g/mol. The lowest BCUT2D eigenvalue weighted by atomic mass is 9.83. The lowest BCUT2D eigenvalue weighted by Crippen LogP contribution is -2.33. The first-order valence-electron chi connectivity index (χ1n) is 10.4. The van der Waals surface area contributed by atoms with E-state index in [4.69, 9.17) is 31.4 Å². The maximum absolute atomic E-state index is 11.6. The van der Waals surface area contributed by atoms with E-state index < -0.39 is 17.5 Å². The Hall–Kier alpha value is -3.19. The van der Waals surface area contributed by atoms with Crippen LogP contribution in [0.15, 0.2) is 84.9 Å². The summed E-state index contributed by atoms with van der Waals surface area (Å²) in [6.45, 7) is 1.75. The van der Waals surface area contributed by atoms with Gasteiger partial charge in [-0.3, -0.25) is 0 Å². The standard InChI is InChI=1S/C24H26ClNO.C2H2O4/c1-26(18-16-20-8-4-2-5-9-20)19-17-24(27,21-10-6-3-7-11-21)22-12-14-23(25)15-13-22;3-1(4)2(5)6/h2-15,27H,16-19H2,1H3;(H,3,4)(H,5,6). The van der Waals surface area contributed by atoms with E-state index in [0.29, 0.717) is 11.4 Å². The number of carbonyl (C=O) groups is 2. The summed E-state index contributed by atoms with van der Waals surface area (Å²) in [5.74, 6) is -3.65. The molecule has 0 saturated heterocycles. The second-order valence-electron chi connectivity index (χ2n) is 7.63. The summed E-state index contributed by atoms with van der Waals surface area (Å²) in [6.07, 6.45) is 1.62. The van der Waals surface area contributed by atoms with Crippen LogP contribution in [0.1, 0.15) is 23.1 Å². The SMILES string of the molecule is CN(CCc1ccccc1)CCC(O)(c1ccccc1)c1ccc(Cl)cc1.O=C(O)C(=O)O. The lowest BCUT2D eigenvalue weighted by Gasteiger charge is -2.31. The van der Waals surface area contributed by atoms with E-state index in [1.165, 1.54) is 5.56 Å². The van der Waals surface area contributed by atoms with Crippen LogP contribution < -0.4 is 0 Å². The van der Waals surface area contributed by atoms with Gasteiger partial charge < -0.3 is 20.2 Å². The zero-order chi connectivity index (χ0) is 24.3. The first-order chi connectivity index (χ1) is 15.7. The molecule has 0 spiro atoms. The van der Waals surface area contributed by atoms with Crippen LogP contribution in [-0.2, 0) is 21.6 Å². The first-order valence-corrected chi connectivity index (χ1v) is 10.8. The minimum absolute atomic E-state index is 0.615. The molecule has 3 rings (SSSR count). The number of hydrogen-bond donors (Lipinski definition) is 3. The summed E-state index contributed by atoms with van der Waals surface area (Å²) in [6, 6.07) is 27.9. The van der Waals surface area contributed by atoms with E-state index in [9.17, 15) is 5.11 Å². The summed E-state index contributed by atoms with van der Waals surface area (Å²) in [5.41, 5.74) is 2.08. The summed E-state index contributed by atoms with van der Waals surface area (Å²) >= 11 is 6.04. The molecule has 6 nitrogen and oxygen atoms in total. The molecule has 0 aliphatic carbocycles. The third-order valence-corrected chi connectivity index (χ3v) is 5.49. The zero-order valence-corrected chi connectivity index (χ0v) is 19.2. The second kappa shape index (κ2) is 12.7. The van der Waals surface area contributed by atoms with Crippen LogP contribution in [-0.4, -0.2) is 52.3 Å². The van der Waals surface area contributed by atoms with Crippen LogP contribution in [0.3, 0.4) is 0 Å². The number of likely N-dealkylation sites (N-methyl/N-ethyl adjacent to an activating group) is 1. The van der Waals surface area contributed by atoms with Gasteiger partial charge in [0.1, 0.15) is 5.60 Å². The van der Waals surface area contributed by atoms with E-state index in [1.807, 2.05) is 60.7 Å². The Balaban J connectivity index is 0.000000569. The maximum atomic E-state index is 11.6. The molecule has 0 aromatic heterocycles. The predicted octanol–water partition coefficient (Wildman–Crippen LogP) is 4.30. The van der Waals surface area contributed by atoms with Crippen LogP contribution in [0, 0.1) is 0 Å². The molecule has 1 atom stereocenters. The molecule has 0 fully saturated rings. The third kappa shape index (κ3) is 8.35. The number of carboxylic acid groups (broad SMARTS) is 2. The number of benzene rings is 3. The van der Waals surface area contributed by atoms with Gasteiger partial charge in [0.25, 0.3) is 0 Å². The molecule has 0 aliphatic rings. The molecule has 3 aromatic rings. The highest BCUT2D eigenvalue weighted by molar-refractivity contribution is 6.30. The van der Waals surface area contributed by atoms with Gasteiger partial charge in [-0.25, -0.2) is 9.59 Å². The average Bonchev–Trinajstić information content (AvgIpc) is 2.83. The number of carboxylic acids is 2. The molecule has 174 valence electrons. The van der Waals surface area contributed by atoms with Crippen molar-refractivity contribution in [3.8, 4) is 0 Å². The zero-order valence-electron chi connectivity index (χ0n) is 18.4. The van der Waals surface area contributed by atoms with Crippen molar-refractivity contribution in [1.82, 2.24) is 4.90 Å². The topological polar surface area (TPSA) is 98.1 Å². The van der Waals surface area contributed by atoms with E-state index in [-0.39, 0.29) is 0 Å². The molecule has 0 saturated carbocycles. The van der Waals surface area contributed by atoms with Crippen LogP contribution in [0.2, 0.25) is 5.02 Å². The van der Waals surface area contributed by atoms with E-state index in [0.717, 1.165) is 30.6 Å². The van der Waals surface area contributed by atoms with Gasteiger partial charge in [-0.2, -0.15) is 0 Å². The van der Waals surface area contributed by atoms with Gasteiger partial charge >= 0.3 is 11.9 Å². The molecule has 3 aromatic carbocycles. The minimum atomic E-state index is -1.82. The van der Waals surface area contributed by atoms with E-state index in [1.54, 1.807) is 0 Å². The fraction of sp³-hybridized carbons (Fsp3) is 0.231. The largest absolute Gasteiger partial charge is 0.473 e. The predicted molar refractivity (Wildman–Crippen MR) is 128 cm³/mol. The number of halogens is 1. The third-order valence-electron chi connectivity index (χ3n) is 5.24. The highest BCUT2D eigenvalue weighted by Gasteiger charge is 2.31. The molecule has 33 heavy (non-hydrogen) atoms. The van der Waals surface area contributed by atoms with Gasteiger partial charge in [-0.05, 0) is 48.7 Å². The van der Waals surface area contributed by atoms with Crippen molar-refractivity contribution in [3.05, 3.63) is 107 Å². The van der Waals surface area contributed by atoms with Crippen LogP contribution >= 0.6 is 11.6 Å². The fourth-order valence-corrected chi connectivity index (χ4v) is 3.45. The molecule has 0 amide bonds. The monoisotopic (exact) mass is 469 g/mol. The fourth-order valence-electron chi connectivity index (χ4n) is 3.32. The molecule has 0 aliphatic heterocycles. The maximum Gasteiger partial charge on any atom is 0.414 e. The molecule has 0 radical (unpaired) electrons. The quantitative estimate of drug-likeness (QED) is 0.425. The normalized spacial score (nSPS) is 12.4. The number of hydrogen-bond acceptors (Lipinski definition) is 4. The Labute approximate surface area is 198 Å². The van der Waals surface area contributed by atoms with Gasteiger partial charge in [-0.15, -0.1) is 0 Å². The van der Waals surface area contributed by atoms with Crippen molar-refractivity contribution in [2.24, 2.45) is 0 Å². The van der Waals surface area contributed by atoms with Gasteiger partial charge in [-0.1, -0.05) is 84.4 Å². The van der Waals surface area contributed by atoms with E-state index >= 15 is 0 Å². The summed E-state index contributed by atoms with van der Waals surface area (Å²) < 4.78 is 0. The number of aliphatic hydroxyl groups is 1. The van der Waals surface area contributed by atoms with Crippen molar-refractivity contribution in [2.75, 3.05) is 20.1 Å². The summed E-state index contributed by atoms with van der Waals surface area (Å²) in [4.78, 5) is 20.5. The van der Waals surface area contributed by atoms with Gasteiger partial charge in [0.2, 0.25) is 0 Å². The van der Waals surface area contributed by atoms with Gasteiger partial charge in [0.05, 0.1) is 0 Å². The van der Waals surface area contributed by atoms with Crippen LogP contribution in [0.4, 0.5) is 0 Å². The number of rotatable bonds is 8. The average molecular weight is 470 g/mol. The Morgan fingerprint density at radius 1 is 0.788 bits per heavy atom. The van der Waals surface area contributed by atoms with Crippen LogP contribution in [0.25, 0.3) is 0 Å². The highest BCUT2D eigenvalue weighted by Crippen LogP contribution is 2.33. The van der Waals surface area contributed by atoms with E-state index in [2.05, 4.69) is 36.2 Å². The van der Waals surface area contributed by atoms with Gasteiger partial charge in [0, 0.05) is 18.1 Å². The lowest BCUT2D eigenvalue weighted by molar-refractivity contribution is -0.159. The number of aliphatic carboxylic acids is 2. The Morgan fingerprint density at radius 3 is 1.79 bits per heavy atom. The molecule has 0 bridgehead atoms. The van der Waals surface area contributed by atoms with Gasteiger partial charge in [0.15, 0.2) is 0 Å².